The van der Waals surface area contributed by atoms with Gasteiger partial charge in [-0.2, -0.15) is 0 Å². The van der Waals surface area contributed by atoms with Gasteiger partial charge in [-0.25, -0.2) is 4.98 Å². The largest absolute Gasteiger partial charge is 0.467 e. The quantitative estimate of drug-likeness (QED) is 0.455. The number of hydrogen-bond donors (Lipinski definition) is 0. The number of amides is 1. The molecular formula is C22H20N2O2S. The van der Waals surface area contributed by atoms with E-state index in [0.29, 0.717) is 17.2 Å². The van der Waals surface area contributed by atoms with E-state index in [1.807, 2.05) is 49.4 Å². The van der Waals surface area contributed by atoms with E-state index in [2.05, 4.69) is 19.1 Å². The van der Waals surface area contributed by atoms with Crippen molar-refractivity contribution in [2.45, 2.75) is 26.8 Å². The normalized spacial score (nSPS) is 11.0. The summed E-state index contributed by atoms with van der Waals surface area (Å²) < 4.78 is 6.57. The Bertz CT molecular complexity index is 1070. The average molecular weight is 376 g/mol. The molecule has 0 N–H and O–H groups in total. The van der Waals surface area contributed by atoms with E-state index in [4.69, 9.17) is 9.40 Å². The van der Waals surface area contributed by atoms with Crippen molar-refractivity contribution < 1.29 is 9.21 Å². The fourth-order valence-electron chi connectivity index (χ4n) is 2.93. The van der Waals surface area contributed by atoms with Crippen LogP contribution in [0.1, 0.15) is 34.2 Å². The van der Waals surface area contributed by atoms with E-state index in [1.54, 1.807) is 11.2 Å². The minimum atomic E-state index is -0.0822. The summed E-state index contributed by atoms with van der Waals surface area (Å²) in [7, 11) is 0. The highest BCUT2D eigenvalue weighted by atomic mass is 32.1. The average Bonchev–Trinajstić information content (AvgIpc) is 3.34. The summed E-state index contributed by atoms with van der Waals surface area (Å²) in [6.45, 7) is 4.49. The molecule has 4 rings (SSSR count). The summed E-state index contributed by atoms with van der Waals surface area (Å²) in [5.41, 5.74) is 3.94. The second kappa shape index (κ2) is 7.37. The molecule has 4 aromatic rings. The van der Waals surface area contributed by atoms with Gasteiger partial charge in [0.15, 0.2) is 5.13 Å². The standard InChI is InChI=1S/C22H20N2O2S/c1-3-16-8-11-19-20(13-16)27-22(23-19)24(14-18-5-4-12-26-18)21(25)17-9-6-15(2)7-10-17/h4-13H,3,14H2,1-2H3. The fraction of sp³-hybridized carbons (Fsp3) is 0.182. The summed E-state index contributed by atoms with van der Waals surface area (Å²) in [6.07, 6.45) is 2.59. The molecule has 0 aliphatic carbocycles. The molecule has 0 atom stereocenters. The van der Waals surface area contributed by atoms with Crippen LogP contribution >= 0.6 is 11.3 Å². The van der Waals surface area contributed by atoms with Gasteiger partial charge in [0, 0.05) is 5.56 Å². The first-order valence-electron chi connectivity index (χ1n) is 8.94. The van der Waals surface area contributed by atoms with Crippen molar-refractivity contribution in [3.05, 3.63) is 83.3 Å². The van der Waals surface area contributed by atoms with Crippen molar-refractivity contribution in [1.29, 1.82) is 0 Å². The number of furan rings is 1. The highest BCUT2D eigenvalue weighted by Crippen LogP contribution is 2.31. The van der Waals surface area contributed by atoms with Gasteiger partial charge >= 0.3 is 0 Å². The van der Waals surface area contributed by atoms with E-state index in [0.717, 1.165) is 28.0 Å². The molecule has 0 saturated carbocycles. The lowest BCUT2D eigenvalue weighted by atomic mass is 10.1. The van der Waals surface area contributed by atoms with Crippen LogP contribution in [-0.2, 0) is 13.0 Å². The number of rotatable bonds is 5. The van der Waals surface area contributed by atoms with Crippen LogP contribution in [0.15, 0.2) is 65.3 Å². The monoisotopic (exact) mass is 376 g/mol. The molecule has 0 spiro atoms. The molecule has 0 bridgehead atoms. The molecule has 0 unspecified atom stereocenters. The third-order valence-electron chi connectivity index (χ3n) is 4.52. The Morgan fingerprint density at radius 3 is 2.67 bits per heavy atom. The van der Waals surface area contributed by atoms with Crippen LogP contribution < -0.4 is 4.90 Å². The van der Waals surface area contributed by atoms with Gasteiger partial charge in [0.05, 0.1) is 23.0 Å². The number of nitrogens with zero attached hydrogens (tertiary/aromatic N) is 2. The van der Waals surface area contributed by atoms with Gasteiger partial charge in [-0.15, -0.1) is 0 Å². The van der Waals surface area contributed by atoms with Gasteiger partial charge < -0.3 is 4.42 Å². The molecule has 2 heterocycles. The smallest absolute Gasteiger partial charge is 0.260 e. The summed E-state index contributed by atoms with van der Waals surface area (Å²) in [4.78, 5) is 19.6. The third-order valence-corrected chi connectivity index (χ3v) is 5.56. The van der Waals surface area contributed by atoms with Gasteiger partial charge in [0.2, 0.25) is 0 Å². The molecule has 0 saturated heterocycles. The van der Waals surface area contributed by atoms with Crippen molar-refractivity contribution in [3.8, 4) is 0 Å². The topological polar surface area (TPSA) is 46.3 Å². The molecule has 1 amide bonds. The number of thiazole rings is 1. The molecule has 0 aliphatic rings. The van der Waals surface area contributed by atoms with Gasteiger partial charge in [0.25, 0.3) is 5.91 Å². The van der Waals surface area contributed by atoms with Crippen LogP contribution in [-0.4, -0.2) is 10.9 Å². The molecule has 5 heteroatoms. The number of hydrogen-bond acceptors (Lipinski definition) is 4. The van der Waals surface area contributed by atoms with E-state index in [1.165, 1.54) is 16.9 Å². The first kappa shape index (κ1) is 17.5. The molecule has 27 heavy (non-hydrogen) atoms. The highest BCUT2D eigenvalue weighted by molar-refractivity contribution is 7.22. The maximum atomic E-state index is 13.2. The van der Waals surface area contributed by atoms with Crippen molar-refractivity contribution in [2.75, 3.05) is 4.90 Å². The second-order valence-corrected chi connectivity index (χ2v) is 7.50. The Kier molecular flexibility index (Phi) is 4.77. The first-order chi connectivity index (χ1) is 13.1. The lowest BCUT2D eigenvalue weighted by Gasteiger charge is -2.18. The van der Waals surface area contributed by atoms with Crippen molar-refractivity contribution in [2.24, 2.45) is 0 Å². The predicted octanol–water partition coefficient (Wildman–Crippen LogP) is 5.61. The van der Waals surface area contributed by atoms with E-state index in [-0.39, 0.29) is 5.91 Å². The maximum absolute atomic E-state index is 13.2. The molecule has 0 fully saturated rings. The minimum Gasteiger partial charge on any atom is -0.467 e. The number of carbonyl (C=O) groups excluding carboxylic acids is 1. The molecule has 4 nitrogen and oxygen atoms in total. The number of anilines is 1. The van der Waals surface area contributed by atoms with Gasteiger partial charge in [-0.1, -0.05) is 42.0 Å². The van der Waals surface area contributed by atoms with Crippen LogP contribution in [0.4, 0.5) is 5.13 Å². The SMILES string of the molecule is CCc1ccc2nc(N(Cc3ccco3)C(=O)c3ccc(C)cc3)sc2c1. The zero-order chi connectivity index (χ0) is 18.8. The maximum Gasteiger partial charge on any atom is 0.260 e. The zero-order valence-electron chi connectivity index (χ0n) is 15.3. The fourth-order valence-corrected chi connectivity index (χ4v) is 3.96. The van der Waals surface area contributed by atoms with Crippen LogP contribution in [0, 0.1) is 6.92 Å². The summed E-state index contributed by atoms with van der Waals surface area (Å²) in [5, 5.41) is 0.681. The lowest BCUT2D eigenvalue weighted by molar-refractivity contribution is 0.0983. The highest BCUT2D eigenvalue weighted by Gasteiger charge is 2.22. The van der Waals surface area contributed by atoms with Crippen molar-refractivity contribution >= 4 is 32.6 Å². The van der Waals surface area contributed by atoms with Crippen LogP contribution in [0.2, 0.25) is 0 Å². The predicted molar refractivity (Wildman–Crippen MR) is 109 cm³/mol. The first-order valence-corrected chi connectivity index (χ1v) is 9.76. The van der Waals surface area contributed by atoms with Crippen LogP contribution in [0.3, 0.4) is 0 Å². The number of benzene rings is 2. The van der Waals surface area contributed by atoms with Crippen LogP contribution in [0.5, 0.6) is 0 Å². The minimum absolute atomic E-state index is 0.0822. The van der Waals surface area contributed by atoms with E-state index in [9.17, 15) is 4.79 Å². The van der Waals surface area contributed by atoms with E-state index < -0.39 is 0 Å². The number of carbonyl (C=O) groups is 1. The number of aromatic nitrogens is 1. The van der Waals surface area contributed by atoms with Gasteiger partial charge in [0.1, 0.15) is 5.76 Å². The van der Waals surface area contributed by atoms with Crippen molar-refractivity contribution in [1.82, 2.24) is 4.98 Å². The van der Waals surface area contributed by atoms with Crippen molar-refractivity contribution in [3.63, 3.8) is 0 Å². The van der Waals surface area contributed by atoms with Gasteiger partial charge in [-0.3, -0.25) is 9.69 Å². The molecular weight excluding hydrogens is 356 g/mol. The third kappa shape index (κ3) is 3.64. The molecule has 2 aromatic heterocycles. The zero-order valence-corrected chi connectivity index (χ0v) is 16.1. The Hall–Kier alpha value is -2.92. The molecule has 136 valence electrons. The second-order valence-electron chi connectivity index (χ2n) is 6.49. The molecule has 0 radical (unpaired) electrons. The summed E-state index contributed by atoms with van der Waals surface area (Å²) in [5.74, 6) is 0.644. The Labute approximate surface area is 162 Å². The molecule has 2 aromatic carbocycles. The van der Waals surface area contributed by atoms with Crippen LogP contribution in [0.25, 0.3) is 10.2 Å². The van der Waals surface area contributed by atoms with Gasteiger partial charge in [-0.05, 0) is 55.3 Å². The summed E-state index contributed by atoms with van der Waals surface area (Å²) >= 11 is 1.54. The lowest BCUT2D eigenvalue weighted by Crippen LogP contribution is -2.30. The van der Waals surface area contributed by atoms with E-state index >= 15 is 0 Å². The number of aryl methyl sites for hydroxylation is 2. The Morgan fingerprint density at radius 1 is 1.15 bits per heavy atom. The molecule has 0 aliphatic heterocycles. The number of fused-ring (bicyclic) bond motifs is 1. The Morgan fingerprint density at radius 2 is 1.96 bits per heavy atom. The summed E-state index contributed by atoms with van der Waals surface area (Å²) in [6, 6.07) is 17.6. The Balaban J connectivity index is 1.75.